The number of carboxylic acids is 1. The van der Waals surface area contributed by atoms with E-state index in [-0.39, 0.29) is 18.0 Å². The van der Waals surface area contributed by atoms with Gasteiger partial charge in [-0.05, 0) is 34.9 Å². The van der Waals surface area contributed by atoms with E-state index in [1.54, 1.807) is 49.4 Å². The van der Waals surface area contributed by atoms with Crippen molar-refractivity contribution in [2.75, 3.05) is 0 Å². The summed E-state index contributed by atoms with van der Waals surface area (Å²) in [6.45, 7) is 1.77. The lowest BCUT2D eigenvalue weighted by Gasteiger charge is -2.10. The highest BCUT2D eigenvalue weighted by atomic mass is 16.4. The van der Waals surface area contributed by atoms with Gasteiger partial charge >= 0.3 is 5.97 Å². The van der Waals surface area contributed by atoms with Crippen molar-refractivity contribution in [3.8, 4) is 16.9 Å². The zero-order valence-corrected chi connectivity index (χ0v) is 11.7. The Balaban J connectivity index is 2.51. The highest BCUT2D eigenvalue weighted by Crippen LogP contribution is 2.27. The predicted octanol–water partition coefficient (Wildman–Crippen LogP) is 3.28. The fourth-order valence-electron chi connectivity index (χ4n) is 2.19. The molecule has 0 amide bonds. The number of rotatable bonds is 5. The van der Waals surface area contributed by atoms with Gasteiger partial charge in [-0.3, -0.25) is 9.59 Å². The van der Waals surface area contributed by atoms with E-state index in [0.29, 0.717) is 17.5 Å². The summed E-state index contributed by atoms with van der Waals surface area (Å²) in [6, 6.07) is 11.7. The maximum atomic E-state index is 12.1. The third-order valence-corrected chi connectivity index (χ3v) is 3.24. The maximum absolute atomic E-state index is 12.1. The lowest BCUT2D eigenvalue weighted by atomic mass is 9.93. The average molecular weight is 284 g/mol. The maximum Gasteiger partial charge on any atom is 0.307 e. The minimum atomic E-state index is -0.928. The number of carbonyl (C=O) groups is 2. The molecule has 0 aliphatic heterocycles. The van der Waals surface area contributed by atoms with Crippen molar-refractivity contribution in [3.05, 3.63) is 53.6 Å². The SMILES string of the molecule is CCC(=O)c1cc(CC(=O)O)ccc1-c1ccc(O)cc1. The van der Waals surface area contributed by atoms with E-state index < -0.39 is 5.97 Å². The van der Waals surface area contributed by atoms with E-state index in [1.165, 1.54) is 0 Å². The second kappa shape index (κ2) is 6.22. The normalized spacial score (nSPS) is 10.3. The number of carboxylic acid groups (broad SMARTS) is 1. The van der Waals surface area contributed by atoms with Crippen molar-refractivity contribution >= 4 is 11.8 Å². The van der Waals surface area contributed by atoms with Gasteiger partial charge in [-0.15, -0.1) is 0 Å². The topological polar surface area (TPSA) is 74.6 Å². The number of benzene rings is 2. The van der Waals surface area contributed by atoms with Crippen LogP contribution in [-0.4, -0.2) is 22.0 Å². The predicted molar refractivity (Wildman–Crippen MR) is 79.5 cm³/mol. The van der Waals surface area contributed by atoms with Crippen LogP contribution in [0.25, 0.3) is 11.1 Å². The Kier molecular flexibility index (Phi) is 4.38. The van der Waals surface area contributed by atoms with Gasteiger partial charge < -0.3 is 10.2 Å². The van der Waals surface area contributed by atoms with E-state index >= 15 is 0 Å². The van der Waals surface area contributed by atoms with E-state index in [0.717, 1.165) is 11.1 Å². The van der Waals surface area contributed by atoms with Crippen LogP contribution in [0.5, 0.6) is 5.75 Å². The Hall–Kier alpha value is -2.62. The molecule has 0 radical (unpaired) electrons. The van der Waals surface area contributed by atoms with Crippen LogP contribution in [0.3, 0.4) is 0 Å². The zero-order valence-electron chi connectivity index (χ0n) is 11.7. The average Bonchev–Trinajstić information content (AvgIpc) is 2.47. The number of aromatic hydroxyl groups is 1. The molecule has 4 nitrogen and oxygen atoms in total. The van der Waals surface area contributed by atoms with Crippen LogP contribution in [-0.2, 0) is 11.2 Å². The van der Waals surface area contributed by atoms with Gasteiger partial charge in [0.25, 0.3) is 0 Å². The number of ketones is 1. The minimum absolute atomic E-state index is 0.0367. The van der Waals surface area contributed by atoms with Crippen LogP contribution in [0.1, 0.15) is 29.3 Å². The molecule has 0 saturated heterocycles. The summed E-state index contributed by atoms with van der Waals surface area (Å²) in [6.07, 6.45) is 0.238. The summed E-state index contributed by atoms with van der Waals surface area (Å²) in [5.41, 5.74) is 2.67. The third-order valence-electron chi connectivity index (χ3n) is 3.24. The van der Waals surface area contributed by atoms with Crippen molar-refractivity contribution in [1.82, 2.24) is 0 Å². The van der Waals surface area contributed by atoms with Crippen LogP contribution in [0, 0.1) is 0 Å². The molecule has 2 rings (SSSR count). The van der Waals surface area contributed by atoms with Crippen LogP contribution in [0.15, 0.2) is 42.5 Å². The Morgan fingerprint density at radius 1 is 1.05 bits per heavy atom. The Labute approximate surface area is 122 Å². The van der Waals surface area contributed by atoms with Crippen molar-refractivity contribution in [2.24, 2.45) is 0 Å². The summed E-state index contributed by atoms with van der Waals surface area (Å²) >= 11 is 0. The van der Waals surface area contributed by atoms with E-state index in [1.807, 2.05) is 0 Å². The second-order valence-electron chi connectivity index (χ2n) is 4.77. The molecule has 21 heavy (non-hydrogen) atoms. The van der Waals surface area contributed by atoms with E-state index in [4.69, 9.17) is 5.11 Å². The molecule has 0 fully saturated rings. The fraction of sp³-hybridized carbons (Fsp3) is 0.176. The first-order valence-corrected chi connectivity index (χ1v) is 6.68. The molecule has 0 aromatic heterocycles. The summed E-state index contributed by atoms with van der Waals surface area (Å²) in [5, 5.41) is 18.2. The molecule has 0 aliphatic rings. The van der Waals surface area contributed by atoms with Gasteiger partial charge in [-0.1, -0.05) is 31.2 Å². The molecule has 0 bridgehead atoms. The lowest BCUT2D eigenvalue weighted by molar-refractivity contribution is -0.136. The largest absolute Gasteiger partial charge is 0.508 e. The molecule has 0 saturated carbocycles. The van der Waals surface area contributed by atoms with Gasteiger partial charge in [0.05, 0.1) is 6.42 Å². The number of hydrogen-bond acceptors (Lipinski definition) is 3. The van der Waals surface area contributed by atoms with Crippen molar-refractivity contribution in [3.63, 3.8) is 0 Å². The second-order valence-corrected chi connectivity index (χ2v) is 4.77. The highest BCUT2D eigenvalue weighted by molar-refractivity contribution is 6.02. The minimum Gasteiger partial charge on any atom is -0.508 e. The molecule has 0 spiro atoms. The van der Waals surface area contributed by atoms with Gasteiger partial charge in [0.1, 0.15) is 5.75 Å². The van der Waals surface area contributed by atoms with Gasteiger partial charge in [-0.25, -0.2) is 0 Å². The molecule has 0 heterocycles. The molecule has 0 unspecified atom stereocenters. The first-order valence-electron chi connectivity index (χ1n) is 6.68. The molecule has 108 valence electrons. The van der Waals surface area contributed by atoms with Gasteiger partial charge in [0.15, 0.2) is 5.78 Å². The molecule has 4 heteroatoms. The lowest BCUT2D eigenvalue weighted by Crippen LogP contribution is -2.04. The first kappa shape index (κ1) is 14.8. The number of carbonyl (C=O) groups excluding carboxylic acids is 1. The zero-order chi connectivity index (χ0) is 15.4. The van der Waals surface area contributed by atoms with E-state index in [9.17, 15) is 14.7 Å². The fourth-order valence-corrected chi connectivity index (χ4v) is 2.19. The Bertz CT molecular complexity index is 672. The van der Waals surface area contributed by atoms with Gasteiger partial charge in [-0.2, -0.15) is 0 Å². The molecular formula is C17H16O4. The Morgan fingerprint density at radius 2 is 1.71 bits per heavy atom. The smallest absolute Gasteiger partial charge is 0.307 e. The standard InChI is InChI=1S/C17H16O4/c1-2-16(19)15-9-11(10-17(20)21)3-8-14(15)12-4-6-13(18)7-5-12/h3-9,18H,2,10H2,1H3,(H,20,21). The van der Waals surface area contributed by atoms with Gasteiger partial charge in [0, 0.05) is 12.0 Å². The van der Waals surface area contributed by atoms with Gasteiger partial charge in [0.2, 0.25) is 0 Å². The summed E-state index contributed by atoms with van der Waals surface area (Å²) in [5.74, 6) is -0.808. The third kappa shape index (κ3) is 3.48. The summed E-state index contributed by atoms with van der Waals surface area (Å²) < 4.78 is 0. The number of Topliss-reactive ketones (excluding diaryl/α,β-unsaturated/α-hetero) is 1. The Morgan fingerprint density at radius 3 is 2.29 bits per heavy atom. The molecule has 0 aliphatic carbocycles. The van der Waals surface area contributed by atoms with Crippen LogP contribution in [0.2, 0.25) is 0 Å². The number of hydrogen-bond donors (Lipinski definition) is 2. The molecule has 2 N–H and O–H groups in total. The molecule has 0 atom stereocenters. The highest BCUT2D eigenvalue weighted by Gasteiger charge is 2.13. The number of aliphatic carboxylic acids is 1. The summed E-state index contributed by atoms with van der Waals surface area (Å²) in [7, 11) is 0. The van der Waals surface area contributed by atoms with Crippen molar-refractivity contribution in [1.29, 1.82) is 0 Å². The quantitative estimate of drug-likeness (QED) is 0.826. The van der Waals surface area contributed by atoms with Crippen LogP contribution < -0.4 is 0 Å². The molecular weight excluding hydrogens is 268 g/mol. The van der Waals surface area contributed by atoms with Crippen LogP contribution in [0.4, 0.5) is 0 Å². The molecule has 2 aromatic carbocycles. The van der Waals surface area contributed by atoms with Crippen molar-refractivity contribution in [2.45, 2.75) is 19.8 Å². The van der Waals surface area contributed by atoms with Crippen molar-refractivity contribution < 1.29 is 19.8 Å². The monoisotopic (exact) mass is 284 g/mol. The number of phenols is 1. The van der Waals surface area contributed by atoms with Crippen LogP contribution >= 0.6 is 0 Å². The summed E-state index contributed by atoms with van der Waals surface area (Å²) in [4.78, 5) is 22.9. The number of phenolic OH excluding ortho intramolecular Hbond substituents is 1. The molecule has 2 aromatic rings. The van der Waals surface area contributed by atoms with E-state index in [2.05, 4.69) is 0 Å². The first-order chi connectivity index (χ1) is 10.0.